The number of nitrogens with one attached hydrogen (secondary N) is 2. The van der Waals surface area contributed by atoms with Crippen LogP contribution in [0.3, 0.4) is 0 Å². The third-order valence-electron chi connectivity index (χ3n) is 2.42. The van der Waals surface area contributed by atoms with Gasteiger partial charge in [0.2, 0.25) is 11.8 Å². The summed E-state index contributed by atoms with van der Waals surface area (Å²) in [5, 5.41) is 23.7. The molecule has 4 N–H and O–H groups in total. The van der Waals surface area contributed by atoms with E-state index >= 15 is 0 Å². The van der Waals surface area contributed by atoms with Gasteiger partial charge < -0.3 is 20.8 Å². The lowest BCUT2D eigenvalue weighted by Crippen LogP contribution is -2.46. The number of carbonyl (C=O) groups is 2. The maximum atomic E-state index is 11.5. The number of amides is 2. The predicted molar refractivity (Wildman–Crippen MR) is 63.2 cm³/mol. The Morgan fingerprint density at radius 2 is 1.88 bits per heavy atom. The Morgan fingerprint density at radius 3 is 2.35 bits per heavy atom. The van der Waals surface area contributed by atoms with Gasteiger partial charge in [-0.15, -0.1) is 0 Å². The zero-order valence-corrected chi connectivity index (χ0v) is 10.6. The van der Waals surface area contributed by atoms with Crippen molar-refractivity contribution in [3.63, 3.8) is 0 Å². The minimum absolute atomic E-state index is 0.149. The van der Waals surface area contributed by atoms with E-state index in [1.807, 2.05) is 6.92 Å². The molecule has 2 amide bonds. The Hall–Kier alpha value is -1.14. The second-order valence-corrected chi connectivity index (χ2v) is 4.54. The van der Waals surface area contributed by atoms with Gasteiger partial charge in [0, 0.05) is 24.9 Å². The number of hydrogen-bond acceptors (Lipinski definition) is 4. The summed E-state index contributed by atoms with van der Waals surface area (Å²) in [4.78, 5) is 22.6. The Bertz CT molecular complexity index is 266. The monoisotopic (exact) mass is 246 g/mol. The van der Waals surface area contributed by atoms with Crippen molar-refractivity contribution in [2.75, 3.05) is 19.7 Å². The Morgan fingerprint density at radius 1 is 1.29 bits per heavy atom. The number of aliphatic hydroxyl groups excluding tert-OH is 2. The normalized spacial score (nSPS) is 13.0. The molecule has 0 aromatic heterocycles. The van der Waals surface area contributed by atoms with Crippen LogP contribution in [0.25, 0.3) is 0 Å². The SMILES string of the molecule is CCNC(=O)CCNC(=O)C(O)C(C)(C)CO. The molecule has 0 heterocycles. The molecular formula is C11H22N2O4. The van der Waals surface area contributed by atoms with Crippen molar-refractivity contribution in [3.8, 4) is 0 Å². The summed E-state index contributed by atoms with van der Waals surface area (Å²) in [7, 11) is 0. The van der Waals surface area contributed by atoms with Gasteiger partial charge >= 0.3 is 0 Å². The third kappa shape index (κ3) is 5.65. The molecule has 0 fully saturated rings. The van der Waals surface area contributed by atoms with Crippen LogP contribution in [-0.2, 0) is 9.59 Å². The molecule has 1 atom stereocenters. The number of rotatable bonds is 7. The van der Waals surface area contributed by atoms with E-state index in [0.29, 0.717) is 6.54 Å². The van der Waals surface area contributed by atoms with Crippen LogP contribution in [-0.4, -0.2) is 47.8 Å². The van der Waals surface area contributed by atoms with Crippen molar-refractivity contribution < 1.29 is 19.8 Å². The highest BCUT2D eigenvalue weighted by Crippen LogP contribution is 2.19. The Kier molecular flexibility index (Phi) is 6.75. The van der Waals surface area contributed by atoms with Crippen LogP contribution in [0, 0.1) is 5.41 Å². The van der Waals surface area contributed by atoms with Crippen LogP contribution in [0.1, 0.15) is 27.2 Å². The van der Waals surface area contributed by atoms with Gasteiger partial charge in [-0.05, 0) is 6.92 Å². The van der Waals surface area contributed by atoms with Crippen molar-refractivity contribution in [2.45, 2.75) is 33.3 Å². The summed E-state index contributed by atoms with van der Waals surface area (Å²) < 4.78 is 0. The zero-order valence-electron chi connectivity index (χ0n) is 10.6. The number of carbonyl (C=O) groups excluding carboxylic acids is 2. The lowest BCUT2D eigenvalue weighted by atomic mass is 9.87. The summed E-state index contributed by atoms with van der Waals surface area (Å²) >= 11 is 0. The molecule has 100 valence electrons. The first-order valence-corrected chi connectivity index (χ1v) is 5.68. The van der Waals surface area contributed by atoms with Crippen molar-refractivity contribution in [3.05, 3.63) is 0 Å². The molecule has 0 bridgehead atoms. The van der Waals surface area contributed by atoms with E-state index in [0.717, 1.165) is 0 Å². The van der Waals surface area contributed by atoms with Crippen LogP contribution < -0.4 is 10.6 Å². The molecule has 0 aromatic carbocycles. The van der Waals surface area contributed by atoms with Gasteiger partial charge in [0.25, 0.3) is 0 Å². The Balaban J connectivity index is 3.99. The van der Waals surface area contributed by atoms with Crippen molar-refractivity contribution in [1.29, 1.82) is 0 Å². The quantitative estimate of drug-likeness (QED) is 0.463. The van der Waals surface area contributed by atoms with E-state index in [2.05, 4.69) is 10.6 Å². The molecular weight excluding hydrogens is 224 g/mol. The fourth-order valence-electron chi connectivity index (χ4n) is 1.12. The average molecular weight is 246 g/mol. The molecule has 0 rings (SSSR count). The fraction of sp³-hybridized carbons (Fsp3) is 0.818. The first-order valence-electron chi connectivity index (χ1n) is 5.68. The number of hydrogen-bond donors (Lipinski definition) is 4. The van der Waals surface area contributed by atoms with Crippen LogP contribution in [0.15, 0.2) is 0 Å². The highest BCUT2D eigenvalue weighted by molar-refractivity contribution is 5.82. The van der Waals surface area contributed by atoms with Crippen LogP contribution in [0.4, 0.5) is 0 Å². The van der Waals surface area contributed by atoms with E-state index in [9.17, 15) is 14.7 Å². The molecule has 1 unspecified atom stereocenters. The average Bonchev–Trinajstić information content (AvgIpc) is 2.28. The standard InChI is InChI=1S/C11H22N2O4/c1-4-12-8(15)5-6-13-10(17)9(16)11(2,3)7-14/h9,14,16H,4-7H2,1-3H3,(H,12,15)(H,13,17). The molecule has 6 heteroatoms. The summed E-state index contributed by atoms with van der Waals surface area (Å²) in [5.74, 6) is -0.725. The maximum Gasteiger partial charge on any atom is 0.249 e. The summed E-state index contributed by atoms with van der Waals surface area (Å²) in [6.45, 7) is 5.40. The molecule has 0 saturated carbocycles. The van der Waals surface area contributed by atoms with Crippen molar-refractivity contribution >= 4 is 11.8 Å². The van der Waals surface area contributed by atoms with Crippen LogP contribution in [0.5, 0.6) is 0 Å². The molecule has 0 saturated heterocycles. The number of aliphatic hydroxyl groups is 2. The second-order valence-electron chi connectivity index (χ2n) is 4.54. The first kappa shape index (κ1) is 15.9. The smallest absolute Gasteiger partial charge is 0.249 e. The van der Waals surface area contributed by atoms with E-state index < -0.39 is 17.4 Å². The molecule has 6 nitrogen and oxygen atoms in total. The molecule has 0 aromatic rings. The summed E-state index contributed by atoms with van der Waals surface area (Å²) in [5.41, 5.74) is -0.893. The van der Waals surface area contributed by atoms with Gasteiger partial charge in [0.05, 0.1) is 6.61 Å². The van der Waals surface area contributed by atoms with E-state index in [4.69, 9.17) is 5.11 Å². The molecule has 0 radical (unpaired) electrons. The van der Waals surface area contributed by atoms with E-state index in [-0.39, 0.29) is 25.5 Å². The van der Waals surface area contributed by atoms with Crippen LogP contribution in [0.2, 0.25) is 0 Å². The van der Waals surface area contributed by atoms with Gasteiger partial charge in [-0.3, -0.25) is 9.59 Å². The first-order chi connectivity index (χ1) is 7.85. The van der Waals surface area contributed by atoms with Crippen molar-refractivity contribution in [2.24, 2.45) is 5.41 Å². The van der Waals surface area contributed by atoms with Crippen LogP contribution >= 0.6 is 0 Å². The maximum absolute atomic E-state index is 11.5. The lowest BCUT2D eigenvalue weighted by molar-refractivity contribution is -0.137. The topological polar surface area (TPSA) is 98.7 Å². The van der Waals surface area contributed by atoms with Gasteiger partial charge in [-0.1, -0.05) is 13.8 Å². The van der Waals surface area contributed by atoms with Gasteiger partial charge in [0.15, 0.2) is 0 Å². The van der Waals surface area contributed by atoms with Gasteiger partial charge in [-0.25, -0.2) is 0 Å². The summed E-state index contributed by atoms with van der Waals surface area (Å²) in [6.07, 6.45) is -1.12. The molecule has 17 heavy (non-hydrogen) atoms. The highest BCUT2D eigenvalue weighted by Gasteiger charge is 2.32. The van der Waals surface area contributed by atoms with E-state index in [1.165, 1.54) is 0 Å². The fourth-order valence-corrected chi connectivity index (χ4v) is 1.12. The minimum Gasteiger partial charge on any atom is -0.396 e. The molecule has 0 spiro atoms. The highest BCUT2D eigenvalue weighted by atomic mass is 16.3. The zero-order chi connectivity index (χ0) is 13.5. The van der Waals surface area contributed by atoms with Crippen molar-refractivity contribution in [1.82, 2.24) is 10.6 Å². The lowest BCUT2D eigenvalue weighted by Gasteiger charge is -2.27. The predicted octanol–water partition coefficient (Wildman–Crippen LogP) is -0.992. The largest absolute Gasteiger partial charge is 0.396 e. The van der Waals surface area contributed by atoms with Gasteiger partial charge in [0.1, 0.15) is 6.10 Å². The Labute approximate surface area is 101 Å². The second kappa shape index (κ2) is 7.24. The molecule has 0 aliphatic carbocycles. The van der Waals surface area contributed by atoms with E-state index in [1.54, 1.807) is 13.8 Å². The molecule has 0 aliphatic rings. The third-order valence-corrected chi connectivity index (χ3v) is 2.42. The minimum atomic E-state index is -1.29. The summed E-state index contributed by atoms with van der Waals surface area (Å²) in [6, 6.07) is 0. The molecule has 0 aliphatic heterocycles. The van der Waals surface area contributed by atoms with Gasteiger partial charge in [-0.2, -0.15) is 0 Å².